The van der Waals surface area contributed by atoms with Gasteiger partial charge in [0, 0.05) is 40.2 Å². The molecule has 0 atom stereocenters. The van der Waals surface area contributed by atoms with Crippen molar-refractivity contribution in [2.24, 2.45) is 4.99 Å². The van der Waals surface area contributed by atoms with E-state index in [9.17, 15) is 0 Å². The van der Waals surface area contributed by atoms with Crippen molar-refractivity contribution in [2.45, 2.75) is 32.2 Å². The van der Waals surface area contributed by atoms with Gasteiger partial charge in [0.05, 0.1) is 6.54 Å². The summed E-state index contributed by atoms with van der Waals surface area (Å²) in [6.07, 6.45) is 4.56. The Labute approximate surface area is 108 Å². The van der Waals surface area contributed by atoms with E-state index in [4.69, 9.17) is 4.52 Å². The summed E-state index contributed by atoms with van der Waals surface area (Å²) in [5.41, 5.74) is 2.30. The molecule has 0 spiro atoms. The second-order valence-corrected chi connectivity index (χ2v) is 5.14. The maximum absolute atomic E-state index is 5.39. The maximum atomic E-state index is 5.39. The Hall–Kier alpha value is -1.52. The molecular formula is C13H22N4O. The van der Waals surface area contributed by atoms with Gasteiger partial charge in [-0.05, 0) is 19.3 Å². The SMILES string of the molecule is CN(C)C(=NCc1noc2c1CCCC2)N(C)C. The quantitative estimate of drug-likeness (QED) is 0.590. The van der Waals surface area contributed by atoms with Gasteiger partial charge in [-0.25, -0.2) is 4.99 Å². The smallest absolute Gasteiger partial charge is 0.195 e. The number of hydrogen-bond acceptors (Lipinski definition) is 3. The summed E-state index contributed by atoms with van der Waals surface area (Å²) in [7, 11) is 7.99. The largest absolute Gasteiger partial charge is 0.361 e. The number of nitrogens with zero attached hydrogens (tertiary/aromatic N) is 4. The second-order valence-electron chi connectivity index (χ2n) is 5.14. The molecule has 0 N–H and O–H groups in total. The molecule has 0 aromatic carbocycles. The molecule has 5 heteroatoms. The number of hydrogen-bond donors (Lipinski definition) is 0. The monoisotopic (exact) mass is 250 g/mol. The van der Waals surface area contributed by atoms with Crippen LogP contribution in [0.5, 0.6) is 0 Å². The lowest BCUT2D eigenvalue weighted by atomic mass is 9.96. The van der Waals surface area contributed by atoms with Crippen LogP contribution in [0.3, 0.4) is 0 Å². The molecule has 0 fully saturated rings. The maximum Gasteiger partial charge on any atom is 0.195 e. The highest BCUT2D eigenvalue weighted by Crippen LogP contribution is 2.24. The summed E-state index contributed by atoms with van der Waals surface area (Å²) >= 11 is 0. The summed E-state index contributed by atoms with van der Waals surface area (Å²) in [4.78, 5) is 8.63. The molecule has 2 rings (SSSR count). The predicted molar refractivity (Wildman–Crippen MR) is 71.7 cm³/mol. The zero-order chi connectivity index (χ0) is 13.1. The third-order valence-electron chi connectivity index (χ3n) is 3.20. The summed E-state index contributed by atoms with van der Waals surface area (Å²) < 4.78 is 5.39. The first-order valence-electron chi connectivity index (χ1n) is 6.45. The lowest BCUT2D eigenvalue weighted by Gasteiger charge is -2.22. The minimum Gasteiger partial charge on any atom is -0.361 e. The van der Waals surface area contributed by atoms with Crippen molar-refractivity contribution in [1.29, 1.82) is 0 Å². The number of aryl methyl sites for hydroxylation is 1. The zero-order valence-corrected chi connectivity index (χ0v) is 11.7. The van der Waals surface area contributed by atoms with Crippen LogP contribution in [-0.2, 0) is 19.4 Å². The summed E-state index contributed by atoms with van der Waals surface area (Å²) in [5.74, 6) is 2.02. The van der Waals surface area contributed by atoms with Crippen LogP contribution in [0.15, 0.2) is 9.52 Å². The summed E-state index contributed by atoms with van der Waals surface area (Å²) in [6, 6.07) is 0. The highest BCUT2D eigenvalue weighted by molar-refractivity contribution is 5.79. The molecular weight excluding hydrogens is 228 g/mol. The summed E-state index contributed by atoms with van der Waals surface area (Å²) in [6.45, 7) is 0.602. The highest BCUT2D eigenvalue weighted by Gasteiger charge is 2.19. The van der Waals surface area contributed by atoms with E-state index in [0.717, 1.165) is 30.3 Å². The molecule has 18 heavy (non-hydrogen) atoms. The Morgan fingerprint density at radius 1 is 1.17 bits per heavy atom. The molecule has 0 unspecified atom stereocenters. The molecule has 1 aromatic rings. The third kappa shape index (κ3) is 2.66. The molecule has 0 radical (unpaired) electrons. The fourth-order valence-electron chi connectivity index (χ4n) is 2.40. The van der Waals surface area contributed by atoms with Crippen molar-refractivity contribution in [2.75, 3.05) is 28.2 Å². The van der Waals surface area contributed by atoms with Crippen molar-refractivity contribution in [1.82, 2.24) is 15.0 Å². The van der Waals surface area contributed by atoms with Crippen molar-refractivity contribution < 1.29 is 4.52 Å². The Bertz CT molecular complexity index is 424. The number of fused-ring (bicyclic) bond motifs is 1. The van der Waals surface area contributed by atoms with Gasteiger partial charge in [-0.15, -0.1) is 0 Å². The van der Waals surface area contributed by atoms with Gasteiger partial charge in [0.2, 0.25) is 0 Å². The molecule has 1 aliphatic rings. The van der Waals surface area contributed by atoms with Crippen LogP contribution in [0.2, 0.25) is 0 Å². The van der Waals surface area contributed by atoms with E-state index in [1.54, 1.807) is 0 Å². The molecule has 100 valence electrons. The van der Waals surface area contributed by atoms with Gasteiger partial charge < -0.3 is 14.3 Å². The minimum atomic E-state index is 0.602. The van der Waals surface area contributed by atoms with Crippen molar-refractivity contribution in [3.05, 3.63) is 17.0 Å². The van der Waals surface area contributed by atoms with Crippen LogP contribution in [-0.4, -0.2) is 49.1 Å². The van der Waals surface area contributed by atoms with Gasteiger partial charge in [-0.2, -0.15) is 0 Å². The van der Waals surface area contributed by atoms with Gasteiger partial charge in [-0.3, -0.25) is 0 Å². The first-order chi connectivity index (χ1) is 8.59. The summed E-state index contributed by atoms with van der Waals surface area (Å²) in [5, 5.41) is 4.17. The van der Waals surface area contributed by atoms with Crippen molar-refractivity contribution >= 4 is 5.96 Å². The van der Waals surface area contributed by atoms with E-state index in [2.05, 4.69) is 10.1 Å². The number of rotatable bonds is 2. The lowest BCUT2D eigenvalue weighted by Crippen LogP contribution is -2.35. The average molecular weight is 250 g/mol. The number of guanidine groups is 1. The van der Waals surface area contributed by atoms with Crippen LogP contribution < -0.4 is 0 Å². The van der Waals surface area contributed by atoms with Crippen LogP contribution >= 0.6 is 0 Å². The molecule has 1 aliphatic carbocycles. The van der Waals surface area contributed by atoms with Crippen molar-refractivity contribution in [3.63, 3.8) is 0 Å². The fraction of sp³-hybridized carbons (Fsp3) is 0.692. The molecule has 1 aromatic heterocycles. The van der Waals surface area contributed by atoms with E-state index < -0.39 is 0 Å². The third-order valence-corrected chi connectivity index (χ3v) is 3.20. The van der Waals surface area contributed by atoms with Gasteiger partial charge >= 0.3 is 0 Å². The van der Waals surface area contributed by atoms with Crippen LogP contribution in [0.1, 0.15) is 29.9 Å². The Morgan fingerprint density at radius 2 is 1.83 bits per heavy atom. The lowest BCUT2D eigenvalue weighted by molar-refractivity contribution is 0.368. The fourth-order valence-corrected chi connectivity index (χ4v) is 2.40. The van der Waals surface area contributed by atoms with E-state index in [1.165, 1.54) is 18.4 Å². The predicted octanol–water partition coefficient (Wildman–Crippen LogP) is 1.53. The average Bonchev–Trinajstić information content (AvgIpc) is 2.72. The topological polar surface area (TPSA) is 44.9 Å². The molecule has 0 saturated heterocycles. The van der Waals surface area contributed by atoms with Gasteiger partial charge in [0.1, 0.15) is 11.5 Å². The van der Waals surface area contributed by atoms with Crippen molar-refractivity contribution in [3.8, 4) is 0 Å². The Morgan fingerprint density at radius 3 is 2.50 bits per heavy atom. The van der Waals surface area contributed by atoms with Crippen LogP contribution in [0.25, 0.3) is 0 Å². The molecule has 0 aliphatic heterocycles. The van der Waals surface area contributed by atoms with Crippen LogP contribution in [0, 0.1) is 0 Å². The van der Waals surface area contributed by atoms with E-state index in [0.29, 0.717) is 6.54 Å². The minimum absolute atomic E-state index is 0.602. The van der Waals surface area contributed by atoms with E-state index in [1.807, 2.05) is 38.0 Å². The zero-order valence-electron chi connectivity index (χ0n) is 11.7. The Balaban J connectivity index is 2.14. The number of aliphatic imine (C=N–C) groups is 1. The number of aromatic nitrogens is 1. The van der Waals surface area contributed by atoms with Gasteiger partial charge in [-0.1, -0.05) is 5.16 Å². The van der Waals surface area contributed by atoms with E-state index in [-0.39, 0.29) is 0 Å². The van der Waals surface area contributed by atoms with E-state index >= 15 is 0 Å². The molecule has 0 amide bonds. The highest BCUT2D eigenvalue weighted by atomic mass is 16.5. The first-order valence-corrected chi connectivity index (χ1v) is 6.45. The molecule has 1 heterocycles. The second kappa shape index (κ2) is 5.42. The molecule has 5 nitrogen and oxygen atoms in total. The van der Waals surface area contributed by atoms with Gasteiger partial charge in [0.15, 0.2) is 5.96 Å². The van der Waals surface area contributed by atoms with Crippen LogP contribution in [0.4, 0.5) is 0 Å². The van der Waals surface area contributed by atoms with Gasteiger partial charge in [0.25, 0.3) is 0 Å². The standard InChI is InChI=1S/C13H22N4O/c1-16(2)13(17(3)4)14-9-11-10-7-5-6-8-12(10)18-15-11/h5-9H2,1-4H3. The Kier molecular flexibility index (Phi) is 3.89. The molecule has 0 saturated carbocycles. The molecule has 0 bridgehead atoms. The normalized spacial score (nSPS) is 14.0. The first kappa shape index (κ1) is 12.9.